The second-order valence-corrected chi connectivity index (χ2v) is 6.81. The predicted molar refractivity (Wildman–Crippen MR) is 108 cm³/mol. The van der Waals surface area contributed by atoms with Crippen molar-refractivity contribution in [2.45, 2.75) is 13.0 Å². The zero-order valence-electron chi connectivity index (χ0n) is 15.5. The molecule has 2 amide bonds. The summed E-state index contributed by atoms with van der Waals surface area (Å²) in [4.78, 5) is 35.8. The maximum absolute atomic E-state index is 12.8. The van der Waals surface area contributed by atoms with E-state index in [1.54, 1.807) is 24.3 Å². The number of rotatable bonds is 8. The number of hydrogen-bond donors (Lipinski definition) is 2. The summed E-state index contributed by atoms with van der Waals surface area (Å²) >= 11 is 1.02. The standard InChI is InChI=1S/C20H18FN3O4S/c1-13(20(27)24-17-5-3-2-4-14(17)10-22)28-19(26)12-29-11-18(25)23-16-8-6-15(21)7-9-16/h2-9,13H,11-12H2,1H3,(H,23,25)(H,24,27)/t13-/m1/s1. The molecule has 0 aliphatic carbocycles. The molecule has 9 heteroatoms. The number of esters is 1. The Bertz CT molecular complexity index is 928. The van der Waals surface area contributed by atoms with Crippen LogP contribution in [0.4, 0.5) is 15.8 Å². The van der Waals surface area contributed by atoms with Crippen molar-refractivity contribution in [2.24, 2.45) is 0 Å². The molecule has 0 aromatic heterocycles. The van der Waals surface area contributed by atoms with Crippen LogP contribution in [-0.2, 0) is 19.1 Å². The Hall–Kier alpha value is -3.38. The molecule has 2 aromatic carbocycles. The van der Waals surface area contributed by atoms with Crippen LogP contribution in [0, 0.1) is 17.1 Å². The van der Waals surface area contributed by atoms with E-state index in [9.17, 15) is 18.8 Å². The molecule has 0 unspecified atom stereocenters. The third-order valence-electron chi connectivity index (χ3n) is 3.56. The lowest BCUT2D eigenvalue weighted by Gasteiger charge is -2.14. The van der Waals surface area contributed by atoms with E-state index in [4.69, 9.17) is 10.00 Å². The van der Waals surface area contributed by atoms with E-state index in [0.717, 1.165) is 11.8 Å². The van der Waals surface area contributed by atoms with Crippen LogP contribution < -0.4 is 10.6 Å². The molecule has 0 fully saturated rings. The Kier molecular flexibility index (Phi) is 8.18. The summed E-state index contributed by atoms with van der Waals surface area (Å²) < 4.78 is 17.9. The molecule has 2 aromatic rings. The van der Waals surface area contributed by atoms with Crippen LogP contribution in [0.1, 0.15) is 12.5 Å². The van der Waals surface area contributed by atoms with E-state index in [1.807, 2.05) is 6.07 Å². The highest BCUT2D eigenvalue weighted by atomic mass is 32.2. The van der Waals surface area contributed by atoms with E-state index in [-0.39, 0.29) is 17.4 Å². The van der Waals surface area contributed by atoms with Crippen molar-refractivity contribution < 1.29 is 23.5 Å². The summed E-state index contributed by atoms with van der Waals surface area (Å²) in [5.41, 5.74) is 1.07. The number of para-hydroxylation sites is 1. The summed E-state index contributed by atoms with van der Waals surface area (Å²) in [6.07, 6.45) is -1.07. The number of carbonyl (C=O) groups is 3. The van der Waals surface area contributed by atoms with E-state index >= 15 is 0 Å². The topological polar surface area (TPSA) is 108 Å². The SMILES string of the molecule is C[C@@H](OC(=O)CSCC(=O)Nc1ccc(F)cc1)C(=O)Nc1ccccc1C#N. The average molecular weight is 415 g/mol. The highest BCUT2D eigenvalue weighted by molar-refractivity contribution is 8.00. The van der Waals surface area contributed by atoms with Gasteiger partial charge < -0.3 is 15.4 Å². The summed E-state index contributed by atoms with van der Waals surface area (Å²) in [5.74, 6) is -2.12. The lowest BCUT2D eigenvalue weighted by atomic mass is 10.2. The lowest BCUT2D eigenvalue weighted by Crippen LogP contribution is -2.31. The molecule has 0 aliphatic rings. The fraction of sp³-hybridized carbons (Fsp3) is 0.200. The minimum Gasteiger partial charge on any atom is -0.452 e. The van der Waals surface area contributed by atoms with Crippen molar-refractivity contribution in [1.82, 2.24) is 0 Å². The average Bonchev–Trinajstić information content (AvgIpc) is 2.70. The second kappa shape index (κ2) is 10.8. The second-order valence-electron chi connectivity index (χ2n) is 5.83. The van der Waals surface area contributed by atoms with Gasteiger partial charge in [-0.3, -0.25) is 14.4 Å². The van der Waals surface area contributed by atoms with Gasteiger partial charge in [0.1, 0.15) is 11.9 Å². The number of amides is 2. The van der Waals surface area contributed by atoms with Gasteiger partial charge in [-0.2, -0.15) is 5.26 Å². The van der Waals surface area contributed by atoms with Crippen molar-refractivity contribution in [3.05, 3.63) is 59.9 Å². The number of nitrogens with zero attached hydrogens (tertiary/aromatic N) is 1. The number of hydrogen-bond acceptors (Lipinski definition) is 6. The zero-order chi connectivity index (χ0) is 21.2. The van der Waals surface area contributed by atoms with E-state index in [1.165, 1.54) is 31.2 Å². The number of benzene rings is 2. The first-order valence-electron chi connectivity index (χ1n) is 8.51. The van der Waals surface area contributed by atoms with Crippen molar-refractivity contribution in [3.63, 3.8) is 0 Å². The van der Waals surface area contributed by atoms with Crippen LogP contribution in [0.25, 0.3) is 0 Å². The van der Waals surface area contributed by atoms with Gasteiger partial charge in [-0.05, 0) is 43.3 Å². The van der Waals surface area contributed by atoms with Gasteiger partial charge in [0.25, 0.3) is 5.91 Å². The molecule has 0 radical (unpaired) electrons. The Labute approximate surface area is 171 Å². The number of nitriles is 1. The van der Waals surface area contributed by atoms with Crippen LogP contribution in [0.5, 0.6) is 0 Å². The number of carbonyl (C=O) groups excluding carboxylic acids is 3. The minimum atomic E-state index is -1.07. The molecule has 0 saturated carbocycles. The van der Waals surface area contributed by atoms with Gasteiger partial charge in [-0.1, -0.05) is 12.1 Å². The molecular weight excluding hydrogens is 397 g/mol. The van der Waals surface area contributed by atoms with Crippen molar-refractivity contribution in [2.75, 3.05) is 22.1 Å². The quantitative estimate of drug-likeness (QED) is 0.642. The molecule has 7 nitrogen and oxygen atoms in total. The van der Waals surface area contributed by atoms with Gasteiger partial charge in [0.15, 0.2) is 6.10 Å². The molecule has 2 rings (SSSR count). The lowest BCUT2D eigenvalue weighted by molar-refractivity contribution is -0.150. The Balaban J connectivity index is 1.72. The third kappa shape index (κ3) is 7.27. The van der Waals surface area contributed by atoms with Crippen molar-refractivity contribution in [3.8, 4) is 6.07 Å². The van der Waals surface area contributed by atoms with Crippen LogP contribution in [0.3, 0.4) is 0 Å². The van der Waals surface area contributed by atoms with E-state index in [0.29, 0.717) is 16.9 Å². The van der Waals surface area contributed by atoms with Gasteiger partial charge in [0.05, 0.1) is 22.8 Å². The van der Waals surface area contributed by atoms with Crippen LogP contribution in [0.15, 0.2) is 48.5 Å². The fourth-order valence-corrected chi connectivity index (χ4v) is 2.76. The maximum atomic E-state index is 12.8. The first-order valence-corrected chi connectivity index (χ1v) is 9.67. The van der Waals surface area contributed by atoms with Crippen LogP contribution >= 0.6 is 11.8 Å². The highest BCUT2D eigenvalue weighted by Crippen LogP contribution is 2.14. The normalized spacial score (nSPS) is 11.1. The number of halogens is 1. The molecule has 1 atom stereocenters. The largest absolute Gasteiger partial charge is 0.452 e. The molecule has 150 valence electrons. The van der Waals surface area contributed by atoms with Gasteiger partial charge >= 0.3 is 5.97 Å². The summed E-state index contributed by atoms with van der Waals surface area (Å²) in [6, 6.07) is 13.7. The highest BCUT2D eigenvalue weighted by Gasteiger charge is 2.19. The number of nitrogens with one attached hydrogen (secondary N) is 2. The van der Waals surface area contributed by atoms with Crippen molar-refractivity contribution >= 4 is 40.9 Å². The molecule has 0 heterocycles. The number of anilines is 2. The van der Waals surface area contributed by atoms with Gasteiger partial charge in [-0.25, -0.2) is 4.39 Å². The molecule has 29 heavy (non-hydrogen) atoms. The van der Waals surface area contributed by atoms with E-state index < -0.39 is 23.8 Å². The molecule has 0 aliphatic heterocycles. The molecular formula is C20H18FN3O4S. The first kappa shape index (κ1) is 21.9. The summed E-state index contributed by atoms with van der Waals surface area (Å²) in [6.45, 7) is 1.41. The molecule has 2 N–H and O–H groups in total. The number of ether oxygens (including phenoxy) is 1. The van der Waals surface area contributed by atoms with Crippen LogP contribution in [0.2, 0.25) is 0 Å². The zero-order valence-corrected chi connectivity index (χ0v) is 16.3. The Morgan fingerprint density at radius 2 is 1.79 bits per heavy atom. The summed E-state index contributed by atoms with van der Waals surface area (Å²) in [7, 11) is 0. The van der Waals surface area contributed by atoms with Gasteiger partial charge in [-0.15, -0.1) is 11.8 Å². The van der Waals surface area contributed by atoms with Gasteiger partial charge in [0, 0.05) is 5.69 Å². The van der Waals surface area contributed by atoms with Gasteiger partial charge in [0.2, 0.25) is 5.91 Å². The fourth-order valence-electron chi connectivity index (χ4n) is 2.17. The Morgan fingerprint density at radius 1 is 1.10 bits per heavy atom. The molecule has 0 spiro atoms. The first-order chi connectivity index (χ1) is 13.9. The smallest absolute Gasteiger partial charge is 0.316 e. The Morgan fingerprint density at radius 3 is 2.48 bits per heavy atom. The predicted octanol–water partition coefficient (Wildman–Crippen LogP) is 2.94. The van der Waals surface area contributed by atoms with E-state index in [2.05, 4.69) is 10.6 Å². The monoisotopic (exact) mass is 415 g/mol. The molecule has 0 bridgehead atoms. The maximum Gasteiger partial charge on any atom is 0.316 e. The third-order valence-corrected chi connectivity index (χ3v) is 4.47. The minimum absolute atomic E-state index is 0.0113. The molecule has 0 saturated heterocycles. The van der Waals surface area contributed by atoms with Crippen LogP contribution in [-0.4, -0.2) is 35.4 Å². The van der Waals surface area contributed by atoms with Crippen molar-refractivity contribution in [1.29, 1.82) is 5.26 Å². The number of thioether (sulfide) groups is 1. The summed E-state index contributed by atoms with van der Waals surface area (Å²) in [5, 5.41) is 14.1.